The van der Waals surface area contributed by atoms with Crippen molar-refractivity contribution in [2.75, 3.05) is 26.8 Å². The van der Waals surface area contributed by atoms with Crippen LogP contribution in [0.3, 0.4) is 0 Å². The molecule has 0 aromatic carbocycles. The molecule has 1 atom stereocenters. The molecule has 4 nitrogen and oxygen atoms in total. The average molecular weight is 215 g/mol. The number of hydrogen-bond donors (Lipinski definition) is 2. The Morgan fingerprint density at radius 1 is 1.47 bits per heavy atom. The van der Waals surface area contributed by atoms with Gasteiger partial charge in [0.05, 0.1) is 12.4 Å². The van der Waals surface area contributed by atoms with Gasteiger partial charge in [-0.1, -0.05) is 13.3 Å². The number of nitrogens with two attached hydrogens (primary N) is 1. The molecule has 0 amide bonds. The van der Waals surface area contributed by atoms with E-state index in [4.69, 9.17) is 15.9 Å². The zero-order valence-corrected chi connectivity index (χ0v) is 10.3. The van der Waals surface area contributed by atoms with Crippen molar-refractivity contribution in [1.82, 2.24) is 4.90 Å². The second-order valence-corrected chi connectivity index (χ2v) is 3.94. The zero-order valence-electron chi connectivity index (χ0n) is 10.3. The van der Waals surface area contributed by atoms with E-state index in [1.54, 1.807) is 7.11 Å². The molecule has 0 fully saturated rings. The summed E-state index contributed by atoms with van der Waals surface area (Å²) in [7, 11) is 1.72. The summed E-state index contributed by atoms with van der Waals surface area (Å²) in [6.07, 6.45) is 3.02. The fourth-order valence-corrected chi connectivity index (χ4v) is 1.63. The number of methoxy groups -OCH3 is 1. The predicted molar refractivity (Wildman–Crippen MR) is 64.4 cm³/mol. The van der Waals surface area contributed by atoms with Crippen molar-refractivity contribution in [3.05, 3.63) is 0 Å². The molecule has 0 bridgehead atoms. The van der Waals surface area contributed by atoms with Gasteiger partial charge in [0.2, 0.25) is 0 Å². The van der Waals surface area contributed by atoms with E-state index in [1.165, 1.54) is 12.8 Å². The molecule has 0 aromatic heterocycles. The molecule has 0 heterocycles. The highest BCUT2D eigenvalue weighted by Crippen LogP contribution is 2.06. The van der Waals surface area contributed by atoms with Crippen molar-refractivity contribution >= 4 is 5.84 Å². The third-order valence-electron chi connectivity index (χ3n) is 2.58. The Bertz CT molecular complexity index is 173. The molecule has 0 spiro atoms. The van der Waals surface area contributed by atoms with Crippen LogP contribution in [-0.2, 0) is 4.74 Å². The van der Waals surface area contributed by atoms with Crippen LogP contribution in [0.5, 0.6) is 0 Å². The Hall–Kier alpha value is -0.610. The predicted octanol–water partition coefficient (Wildman–Crippen LogP) is 1.45. The van der Waals surface area contributed by atoms with E-state index in [9.17, 15) is 0 Å². The van der Waals surface area contributed by atoms with E-state index in [2.05, 4.69) is 18.7 Å². The molecule has 1 unspecified atom stereocenters. The summed E-state index contributed by atoms with van der Waals surface area (Å²) in [5.74, 6) is 0.265. The summed E-state index contributed by atoms with van der Waals surface area (Å²) >= 11 is 0. The van der Waals surface area contributed by atoms with Gasteiger partial charge in [0, 0.05) is 32.7 Å². The minimum Gasteiger partial charge on any atom is -0.388 e. The van der Waals surface area contributed by atoms with Crippen LogP contribution >= 0.6 is 0 Å². The number of amidine groups is 1. The molecule has 4 heteroatoms. The number of nitrogens with one attached hydrogen (secondary N) is 1. The summed E-state index contributed by atoms with van der Waals surface area (Å²) in [5, 5.41) is 7.23. The van der Waals surface area contributed by atoms with Gasteiger partial charge < -0.3 is 10.5 Å². The third kappa shape index (κ3) is 7.33. The highest BCUT2D eigenvalue weighted by molar-refractivity contribution is 5.76. The maximum Gasteiger partial charge on any atom is 0.0918 e. The molecular formula is C11H25N3O. The van der Waals surface area contributed by atoms with Crippen LogP contribution < -0.4 is 5.73 Å². The summed E-state index contributed by atoms with van der Waals surface area (Å²) < 4.78 is 5.08. The van der Waals surface area contributed by atoms with Gasteiger partial charge in [-0.15, -0.1) is 0 Å². The van der Waals surface area contributed by atoms with Crippen molar-refractivity contribution in [2.24, 2.45) is 5.73 Å². The Morgan fingerprint density at radius 3 is 2.60 bits per heavy atom. The zero-order chi connectivity index (χ0) is 11.7. The average Bonchev–Trinajstić information content (AvgIpc) is 2.17. The highest BCUT2D eigenvalue weighted by Gasteiger charge is 2.12. The van der Waals surface area contributed by atoms with E-state index in [1.807, 2.05) is 0 Å². The SMILES string of the molecule is CCCC(C)N(CCOC)CCC(=N)N. The number of nitrogens with zero attached hydrogens (tertiary/aromatic N) is 1. The Labute approximate surface area is 93.3 Å². The number of hydrogen-bond acceptors (Lipinski definition) is 3. The van der Waals surface area contributed by atoms with Crippen molar-refractivity contribution in [1.29, 1.82) is 5.41 Å². The van der Waals surface area contributed by atoms with Crippen molar-refractivity contribution in [2.45, 2.75) is 39.2 Å². The van der Waals surface area contributed by atoms with Gasteiger partial charge in [0.15, 0.2) is 0 Å². The highest BCUT2D eigenvalue weighted by atomic mass is 16.5. The Balaban J connectivity index is 3.98. The second-order valence-electron chi connectivity index (χ2n) is 3.94. The third-order valence-corrected chi connectivity index (χ3v) is 2.58. The van der Waals surface area contributed by atoms with Gasteiger partial charge in [-0.25, -0.2) is 0 Å². The Kier molecular flexibility index (Phi) is 8.33. The maximum atomic E-state index is 7.23. The molecule has 0 radical (unpaired) electrons. The summed E-state index contributed by atoms with van der Waals surface area (Å²) in [5.41, 5.74) is 5.37. The van der Waals surface area contributed by atoms with E-state index in [0.29, 0.717) is 12.5 Å². The molecule has 0 aliphatic rings. The lowest BCUT2D eigenvalue weighted by molar-refractivity contribution is 0.123. The van der Waals surface area contributed by atoms with E-state index >= 15 is 0 Å². The standard InChI is InChI=1S/C11H25N3O/c1-4-5-10(2)14(8-9-15-3)7-6-11(12)13/h10H,4-9H2,1-3H3,(H3,12,13). The van der Waals surface area contributed by atoms with Gasteiger partial charge >= 0.3 is 0 Å². The van der Waals surface area contributed by atoms with E-state index < -0.39 is 0 Å². The molecule has 15 heavy (non-hydrogen) atoms. The van der Waals surface area contributed by atoms with E-state index in [-0.39, 0.29) is 5.84 Å². The first-order chi connectivity index (χ1) is 7.11. The topological polar surface area (TPSA) is 62.3 Å². The van der Waals surface area contributed by atoms with Crippen LogP contribution in [0.4, 0.5) is 0 Å². The van der Waals surface area contributed by atoms with Gasteiger partial charge in [0.1, 0.15) is 0 Å². The monoisotopic (exact) mass is 215 g/mol. The first-order valence-electron chi connectivity index (χ1n) is 5.67. The summed E-state index contributed by atoms with van der Waals surface area (Å²) in [6, 6.07) is 0.546. The fourth-order valence-electron chi connectivity index (χ4n) is 1.63. The quantitative estimate of drug-likeness (QED) is 0.452. The lowest BCUT2D eigenvalue weighted by Gasteiger charge is -2.28. The fraction of sp³-hybridized carbons (Fsp3) is 0.909. The molecule has 3 N–H and O–H groups in total. The summed E-state index contributed by atoms with van der Waals surface area (Å²) in [6.45, 7) is 6.94. The molecule has 0 rings (SSSR count). The Morgan fingerprint density at radius 2 is 2.13 bits per heavy atom. The van der Waals surface area contributed by atoms with Crippen molar-refractivity contribution in [3.63, 3.8) is 0 Å². The second kappa shape index (κ2) is 8.68. The molecule has 0 aliphatic heterocycles. The molecule has 0 saturated carbocycles. The lowest BCUT2D eigenvalue weighted by Crippen LogP contribution is -2.37. The maximum absolute atomic E-state index is 7.23. The van der Waals surface area contributed by atoms with Crippen LogP contribution in [0.2, 0.25) is 0 Å². The van der Waals surface area contributed by atoms with Gasteiger partial charge in [-0.05, 0) is 13.3 Å². The minimum absolute atomic E-state index is 0.265. The molecule has 0 saturated heterocycles. The number of ether oxygens (including phenoxy) is 1. The van der Waals surface area contributed by atoms with E-state index in [0.717, 1.165) is 19.7 Å². The van der Waals surface area contributed by atoms with Gasteiger partial charge in [-0.2, -0.15) is 0 Å². The molecule has 90 valence electrons. The molecular weight excluding hydrogens is 190 g/mol. The van der Waals surface area contributed by atoms with Crippen LogP contribution in [0.1, 0.15) is 33.1 Å². The van der Waals surface area contributed by atoms with Crippen molar-refractivity contribution < 1.29 is 4.74 Å². The van der Waals surface area contributed by atoms with Crippen LogP contribution in [-0.4, -0.2) is 43.6 Å². The largest absolute Gasteiger partial charge is 0.388 e. The smallest absolute Gasteiger partial charge is 0.0918 e. The van der Waals surface area contributed by atoms with Crippen LogP contribution in [0.25, 0.3) is 0 Å². The first-order valence-corrected chi connectivity index (χ1v) is 5.67. The molecule has 0 aliphatic carbocycles. The van der Waals surface area contributed by atoms with Crippen LogP contribution in [0.15, 0.2) is 0 Å². The van der Waals surface area contributed by atoms with Gasteiger partial charge in [-0.3, -0.25) is 10.3 Å². The normalized spacial score (nSPS) is 13.1. The number of rotatable bonds is 9. The molecule has 0 aromatic rings. The first kappa shape index (κ1) is 14.4. The van der Waals surface area contributed by atoms with Crippen molar-refractivity contribution in [3.8, 4) is 0 Å². The minimum atomic E-state index is 0.265. The lowest BCUT2D eigenvalue weighted by atomic mass is 10.1. The summed E-state index contributed by atoms with van der Waals surface area (Å²) in [4.78, 5) is 2.34. The van der Waals surface area contributed by atoms with Crippen LogP contribution in [0, 0.1) is 5.41 Å². The van der Waals surface area contributed by atoms with Gasteiger partial charge in [0.25, 0.3) is 0 Å².